The smallest absolute Gasteiger partial charge is 0.347 e. The van der Waals surface area contributed by atoms with E-state index in [4.69, 9.17) is 14.2 Å². The molecule has 1 atom stereocenters. The summed E-state index contributed by atoms with van der Waals surface area (Å²) in [7, 11) is 1.58. The minimum Gasteiger partial charge on any atom is -0.493 e. The molecule has 1 aromatic carbocycles. The number of methoxy groups -OCH3 is 1. The first kappa shape index (κ1) is 17.1. The second-order valence-corrected chi connectivity index (χ2v) is 4.56. The Balaban J connectivity index is 2.94. The Hall–Kier alpha value is -1.97. The number of allylic oxidation sites excluding steroid dienone is 1. The van der Waals surface area contributed by atoms with Gasteiger partial charge in [0.1, 0.15) is 0 Å². The molecule has 21 heavy (non-hydrogen) atoms. The van der Waals surface area contributed by atoms with Crippen LogP contribution in [0.1, 0.15) is 39.2 Å². The van der Waals surface area contributed by atoms with Gasteiger partial charge < -0.3 is 14.2 Å². The second-order valence-electron chi connectivity index (χ2n) is 4.56. The standard InChI is InChI=1S/C17H24O4/c1-5-8-13-10-11-14(16(12-13)19-4)21-15(9-6-2)17(18)20-7-3/h5,8,10-12,15H,6-7,9H2,1-4H3/b8-5+. The van der Waals surface area contributed by atoms with Crippen molar-refractivity contribution in [1.82, 2.24) is 0 Å². The first-order valence-corrected chi connectivity index (χ1v) is 7.30. The molecular formula is C17H24O4. The van der Waals surface area contributed by atoms with Crippen molar-refractivity contribution in [3.8, 4) is 11.5 Å². The van der Waals surface area contributed by atoms with Gasteiger partial charge in [0.05, 0.1) is 13.7 Å². The summed E-state index contributed by atoms with van der Waals surface area (Å²) in [4.78, 5) is 11.9. The van der Waals surface area contributed by atoms with Crippen LogP contribution in [0.4, 0.5) is 0 Å². The average molecular weight is 292 g/mol. The maximum Gasteiger partial charge on any atom is 0.347 e. The van der Waals surface area contributed by atoms with E-state index in [2.05, 4.69) is 0 Å². The zero-order chi connectivity index (χ0) is 15.7. The van der Waals surface area contributed by atoms with Crippen molar-refractivity contribution in [2.45, 2.75) is 39.7 Å². The third-order valence-electron chi connectivity index (χ3n) is 2.92. The van der Waals surface area contributed by atoms with Gasteiger partial charge in [-0.25, -0.2) is 4.79 Å². The highest BCUT2D eigenvalue weighted by Crippen LogP contribution is 2.30. The normalized spacial score (nSPS) is 12.2. The molecule has 1 aromatic rings. The summed E-state index contributed by atoms with van der Waals surface area (Å²) >= 11 is 0. The largest absolute Gasteiger partial charge is 0.493 e. The van der Waals surface area contributed by atoms with Crippen LogP contribution >= 0.6 is 0 Å². The monoisotopic (exact) mass is 292 g/mol. The van der Waals surface area contributed by atoms with E-state index in [-0.39, 0.29) is 5.97 Å². The summed E-state index contributed by atoms with van der Waals surface area (Å²) in [5.74, 6) is 0.826. The summed E-state index contributed by atoms with van der Waals surface area (Å²) in [5, 5.41) is 0. The molecule has 116 valence electrons. The molecule has 0 aliphatic carbocycles. The lowest BCUT2D eigenvalue weighted by molar-refractivity contribution is -0.151. The van der Waals surface area contributed by atoms with Gasteiger partial charge in [-0.15, -0.1) is 0 Å². The predicted octanol–water partition coefficient (Wildman–Crippen LogP) is 3.84. The van der Waals surface area contributed by atoms with Gasteiger partial charge in [-0.3, -0.25) is 0 Å². The highest BCUT2D eigenvalue weighted by atomic mass is 16.6. The fourth-order valence-corrected chi connectivity index (χ4v) is 1.95. The molecule has 0 aromatic heterocycles. The van der Waals surface area contributed by atoms with E-state index in [1.54, 1.807) is 14.0 Å². The fraction of sp³-hybridized carbons (Fsp3) is 0.471. The van der Waals surface area contributed by atoms with Crippen LogP contribution in [0.2, 0.25) is 0 Å². The molecular weight excluding hydrogens is 268 g/mol. The topological polar surface area (TPSA) is 44.8 Å². The van der Waals surface area contributed by atoms with Crippen molar-refractivity contribution >= 4 is 12.0 Å². The van der Waals surface area contributed by atoms with E-state index in [9.17, 15) is 4.79 Å². The van der Waals surface area contributed by atoms with Gasteiger partial charge in [0.2, 0.25) is 0 Å². The second kappa shape index (κ2) is 9.06. The van der Waals surface area contributed by atoms with Gasteiger partial charge in [-0.05, 0) is 38.0 Å². The van der Waals surface area contributed by atoms with Crippen molar-refractivity contribution in [3.05, 3.63) is 29.8 Å². The summed E-state index contributed by atoms with van der Waals surface area (Å²) in [6.45, 7) is 6.09. The van der Waals surface area contributed by atoms with E-state index >= 15 is 0 Å². The van der Waals surface area contributed by atoms with Crippen molar-refractivity contribution in [2.75, 3.05) is 13.7 Å². The van der Waals surface area contributed by atoms with E-state index < -0.39 is 6.10 Å². The van der Waals surface area contributed by atoms with Crippen LogP contribution in [0, 0.1) is 0 Å². The Labute approximate surface area is 126 Å². The Morgan fingerprint density at radius 1 is 1.29 bits per heavy atom. The summed E-state index contributed by atoms with van der Waals surface area (Å²) in [5.41, 5.74) is 1.02. The molecule has 0 spiro atoms. The molecule has 1 rings (SSSR count). The molecule has 0 aliphatic rings. The molecule has 0 radical (unpaired) electrons. The SMILES string of the molecule is C/C=C/c1ccc(OC(CCC)C(=O)OCC)c(OC)c1. The summed E-state index contributed by atoms with van der Waals surface area (Å²) in [6, 6.07) is 5.62. The van der Waals surface area contributed by atoms with E-state index in [1.807, 2.05) is 44.2 Å². The van der Waals surface area contributed by atoms with Crippen molar-refractivity contribution in [3.63, 3.8) is 0 Å². The predicted molar refractivity (Wildman–Crippen MR) is 83.7 cm³/mol. The van der Waals surface area contributed by atoms with Crippen molar-refractivity contribution in [2.24, 2.45) is 0 Å². The lowest BCUT2D eigenvalue weighted by Crippen LogP contribution is -2.29. The first-order valence-electron chi connectivity index (χ1n) is 7.30. The third-order valence-corrected chi connectivity index (χ3v) is 2.92. The Morgan fingerprint density at radius 2 is 2.05 bits per heavy atom. The molecule has 0 fully saturated rings. The Morgan fingerprint density at radius 3 is 2.62 bits per heavy atom. The minimum absolute atomic E-state index is 0.334. The number of benzene rings is 1. The van der Waals surface area contributed by atoms with Gasteiger partial charge in [-0.2, -0.15) is 0 Å². The van der Waals surface area contributed by atoms with Crippen LogP contribution in [0.3, 0.4) is 0 Å². The molecule has 0 saturated heterocycles. The number of carbonyl (C=O) groups is 1. The van der Waals surface area contributed by atoms with Crippen LogP contribution in [0.5, 0.6) is 11.5 Å². The van der Waals surface area contributed by atoms with E-state index in [0.29, 0.717) is 24.5 Å². The zero-order valence-corrected chi connectivity index (χ0v) is 13.2. The third kappa shape index (κ3) is 5.14. The van der Waals surface area contributed by atoms with E-state index in [1.165, 1.54) is 0 Å². The minimum atomic E-state index is -0.601. The maximum absolute atomic E-state index is 11.9. The Kier molecular flexibility index (Phi) is 7.37. The van der Waals surface area contributed by atoms with E-state index in [0.717, 1.165) is 12.0 Å². The molecule has 0 bridgehead atoms. The molecule has 0 amide bonds. The van der Waals surface area contributed by atoms with Gasteiger partial charge in [0.15, 0.2) is 17.6 Å². The van der Waals surface area contributed by atoms with Gasteiger partial charge >= 0.3 is 5.97 Å². The van der Waals surface area contributed by atoms with Crippen LogP contribution in [0.15, 0.2) is 24.3 Å². The first-order chi connectivity index (χ1) is 10.2. The molecule has 1 unspecified atom stereocenters. The van der Waals surface area contributed by atoms with Crippen LogP contribution in [-0.2, 0) is 9.53 Å². The van der Waals surface area contributed by atoms with Crippen LogP contribution < -0.4 is 9.47 Å². The van der Waals surface area contributed by atoms with Crippen LogP contribution in [-0.4, -0.2) is 25.8 Å². The highest BCUT2D eigenvalue weighted by molar-refractivity contribution is 5.75. The molecule has 4 nitrogen and oxygen atoms in total. The molecule has 0 aliphatic heterocycles. The van der Waals surface area contributed by atoms with Crippen molar-refractivity contribution in [1.29, 1.82) is 0 Å². The quantitative estimate of drug-likeness (QED) is 0.683. The lowest BCUT2D eigenvalue weighted by Gasteiger charge is -2.19. The Bertz CT molecular complexity index is 480. The average Bonchev–Trinajstić information content (AvgIpc) is 2.48. The zero-order valence-electron chi connectivity index (χ0n) is 13.2. The van der Waals surface area contributed by atoms with Gasteiger partial charge in [0, 0.05) is 0 Å². The summed E-state index contributed by atoms with van der Waals surface area (Å²) < 4.78 is 16.2. The number of hydrogen-bond donors (Lipinski definition) is 0. The number of hydrogen-bond acceptors (Lipinski definition) is 4. The molecule has 0 heterocycles. The number of ether oxygens (including phenoxy) is 3. The molecule has 0 saturated carbocycles. The number of carbonyl (C=O) groups excluding carboxylic acids is 1. The lowest BCUT2D eigenvalue weighted by atomic mass is 10.1. The number of rotatable bonds is 8. The number of esters is 1. The van der Waals surface area contributed by atoms with Crippen molar-refractivity contribution < 1.29 is 19.0 Å². The summed E-state index contributed by atoms with van der Waals surface area (Å²) in [6.07, 6.45) is 4.77. The molecule has 4 heteroatoms. The van der Waals surface area contributed by atoms with Gasteiger partial charge in [0.25, 0.3) is 0 Å². The highest BCUT2D eigenvalue weighted by Gasteiger charge is 2.22. The fourth-order valence-electron chi connectivity index (χ4n) is 1.95. The maximum atomic E-state index is 11.9. The van der Waals surface area contributed by atoms with Crippen LogP contribution in [0.25, 0.3) is 6.08 Å². The molecule has 0 N–H and O–H groups in total. The van der Waals surface area contributed by atoms with Gasteiger partial charge in [-0.1, -0.05) is 31.6 Å².